The third kappa shape index (κ3) is 4.52. The second-order valence-corrected chi connectivity index (χ2v) is 8.95. The molecule has 31 heavy (non-hydrogen) atoms. The third-order valence-electron chi connectivity index (χ3n) is 5.13. The maximum Gasteiger partial charge on any atom is 0.246 e. The Bertz CT molecular complexity index is 1150. The molecule has 4 rings (SSSR count). The van der Waals surface area contributed by atoms with E-state index in [1.165, 1.54) is 28.8 Å². The molecule has 1 saturated heterocycles. The molecule has 7 nitrogen and oxygen atoms in total. The zero-order valence-corrected chi connectivity index (χ0v) is 17.9. The summed E-state index contributed by atoms with van der Waals surface area (Å²) in [6.45, 7) is 3.94. The van der Waals surface area contributed by atoms with Crippen LogP contribution in [0.2, 0.25) is 0 Å². The second kappa shape index (κ2) is 8.99. The van der Waals surface area contributed by atoms with Crippen molar-refractivity contribution in [1.29, 1.82) is 0 Å². The predicted octanol–water partition coefficient (Wildman–Crippen LogP) is 3.19. The van der Waals surface area contributed by atoms with Crippen molar-refractivity contribution in [2.24, 2.45) is 0 Å². The third-order valence-corrected chi connectivity index (χ3v) is 7.06. The van der Waals surface area contributed by atoms with E-state index in [-0.39, 0.29) is 18.0 Å². The van der Waals surface area contributed by atoms with Crippen LogP contribution in [0.5, 0.6) is 5.75 Å². The molecule has 0 spiro atoms. The van der Waals surface area contributed by atoms with Crippen LogP contribution in [0.3, 0.4) is 0 Å². The highest BCUT2D eigenvalue weighted by atomic mass is 32.2. The highest BCUT2D eigenvalue weighted by Gasteiger charge is 2.30. The number of sulfonamides is 1. The van der Waals surface area contributed by atoms with Gasteiger partial charge in [-0.25, -0.2) is 22.8 Å². The second-order valence-electron chi connectivity index (χ2n) is 7.04. The summed E-state index contributed by atoms with van der Waals surface area (Å²) in [5.41, 5.74) is 1.71. The molecule has 2 aromatic carbocycles. The van der Waals surface area contributed by atoms with Crippen molar-refractivity contribution < 1.29 is 17.5 Å². The predicted molar refractivity (Wildman–Crippen MR) is 116 cm³/mol. The summed E-state index contributed by atoms with van der Waals surface area (Å²) in [7, 11) is -3.87. The van der Waals surface area contributed by atoms with Crippen LogP contribution in [-0.2, 0) is 10.0 Å². The van der Waals surface area contributed by atoms with Crippen molar-refractivity contribution in [1.82, 2.24) is 14.3 Å². The van der Waals surface area contributed by atoms with Gasteiger partial charge in [-0.05, 0) is 43.3 Å². The molecule has 0 atom stereocenters. The van der Waals surface area contributed by atoms with Gasteiger partial charge in [-0.3, -0.25) is 0 Å². The summed E-state index contributed by atoms with van der Waals surface area (Å²) < 4.78 is 46.4. The highest BCUT2D eigenvalue weighted by molar-refractivity contribution is 7.89. The molecule has 2 heterocycles. The van der Waals surface area contributed by atoms with Gasteiger partial charge in [0.2, 0.25) is 10.0 Å². The van der Waals surface area contributed by atoms with Crippen molar-refractivity contribution in [3.63, 3.8) is 0 Å². The first-order chi connectivity index (χ1) is 15.0. The summed E-state index contributed by atoms with van der Waals surface area (Å²) in [6.07, 6.45) is 1.50. The number of rotatable bonds is 6. The minimum Gasteiger partial charge on any atom is -0.494 e. The number of ether oxygens (including phenoxy) is 1. The Balaban J connectivity index is 1.47. The van der Waals surface area contributed by atoms with E-state index in [4.69, 9.17) is 4.74 Å². The van der Waals surface area contributed by atoms with Crippen molar-refractivity contribution >= 4 is 15.8 Å². The van der Waals surface area contributed by atoms with Crippen LogP contribution in [0.25, 0.3) is 11.3 Å². The molecule has 162 valence electrons. The van der Waals surface area contributed by atoms with Crippen LogP contribution in [0.15, 0.2) is 65.8 Å². The smallest absolute Gasteiger partial charge is 0.246 e. The zero-order chi connectivity index (χ0) is 21.8. The van der Waals surface area contributed by atoms with E-state index >= 15 is 0 Å². The highest BCUT2D eigenvalue weighted by Crippen LogP contribution is 2.25. The Hall–Kier alpha value is -3.04. The fourth-order valence-electron chi connectivity index (χ4n) is 3.52. The van der Waals surface area contributed by atoms with Crippen LogP contribution >= 0.6 is 0 Å². The number of halogens is 1. The molecule has 0 radical (unpaired) electrons. The van der Waals surface area contributed by atoms with Crippen molar-refractivity contribution in [2.45, 2.75) is 11.8 Å². The topological polar surface area (TPSA) is 75.6 Å². The molecule has 0 bridgehead atoms. The molecular weight excluding hydrogens is 419 g/mol. The number of aromatic nitrogens is 2. The van der Waals surface area contributed by atoms with Crippen molar-refractivity contribution in [3.8, 4) is 17.0 Å². The minimum absolute atomic E-state index is 0.249. The van der Waals surface area contributed by atoms with E-state index in [0.29, 0.717) is 19.7 Å². The molecule has 1 aliphatic rings. The summed E-state index contributed by atoms with van der Waals surface area (Å²) in [4.78, 5) is 10.4. The van der Waals surface area contributed by atoms with Crippen LogP contribution in [0.1, 0.15) is 6.92 Å². The quantitative estimate of drug-likeness (QED) is 0.584. The molecule has 1 aromatic heterocycles. The van der Waals surface area contributed by atoms with Crippen LogP contribution in [0, 0.1) is 5.82 Å². The standard InChI is InChI=1S/C22H23FN4O3S/c1-2-30-18-9-7-17(8-10-18)20-15-22(25-16-24-20)26-11-13-27(14-12-26)31(28,29)21-6-4-3-5-19(21)23/h3-10,15-16H,2,11-14H2,1H3. The Morgan fingerprint density at radius 1 is 1.00 bits per heavy atom. The summed E-state index contributed by atoms with van der Waals surface area (Å²) >= 11 is 0. The SMILES string of the molecule is CCOc1ccc(-c2cc(N3CCN(S(=O)(=O)c4ccccc4F)CC3)ncn2)cc1. The van der Waals surface area contributed by atoms with Crippen molar-refractivity contribution in [2.75, 3.05) is 37.7 Å². The average Bonchev–Trinajstić information content (AvgIpc) is 2.80. The molecule has 9 heteroatoms. The first kappa shape index (κ1) is 21.2. The fourth-order valence-corrected chi connectivity index (χ4v) is 5.00. The monoisotopic (exact) mass is 442 g/mol. The fraction of sp³-hybridized carbons (Fsp3) is 0.273. The Morgan fingerprint density at radius 2 is 1.71 bits per heavy atom. The molecule has 0 unspecified atom stereocenters. The molecule has 3 aromatic rings. The molecule has 1 aliphatic heterocycles. The van der Waals surface area contributed by atoms with E-state index in [9.17, 15) is 12.8 Å². The van der Waals surface area contributed by atoms with E-state index in [1.54, 1.807) is 0 Å². The first-order valence-electron chi connectivity index (χ1n) is 10.0. The van der Waals surface area contributed by atoms with Gasteiger partial charge < -0.3 is 9.64 Å². The number of hydrogen-bond acceptors (Lipinski definition) is 6. The van der Waals surface area contributed by atoms with Crippen LogP contribution in [0.4, 0.5) is 10.2 Å². The van der Waals surface area contributed by atoms with Gasteiger partial charge in [0.15, 0.2) is 0 Å². The lowest BCUT2D eigenvalue weighted by molar-refractivity contribution is 0.340. The summed E-state index contributed by atoms with van der Waals surface area (Å²) in [6, 6.07) is 15.0. The van der Waals surface area contributed by atoms with Gasteiger partial charge in [-0.2, -0.15) is 4.31 Å². The van der Waals surface area contributed by atoms with Gasteiger partial charge in [0.25, 0.3) is 0 Å². The van der Waals surface area contributed by atoms with Gasteiger partial charge in [0.1, 0.15) is 28.6 Å². The van der Waals surface area contributed by atoms with Gasteiger partial charge in [-0.1, -0.05) is 12.1 Å². The first-order valence-corrected chi connectivity index (χ1v) is 11.5. The molecule has 0 saturated carbocycles. The van der Waals surface area contributed by atoms with Crippen LogP contribution in [-0.4, -0.2) is 55.5 Å². The lowest BCUT2D eigenvalue weighted by Crippen LogP contribution is -2.49. The molecule has 0 aliphatic carbocycles. The largest absolute Gasteiger partial charge is 0.494 e. The lowest BCUT2D eigenvalue weighted by atomic mass is 10.1. The lowest BCUT2D eigenvalue weighted by Gasteiger charge is -2.34. The van der Waals surface area contributed by atoms with E-state index in [2.05, 4.69) is 9.97 Å². The number of piperazine rings is 1. The summed E-state index contributed by atoms with van der Waals surface area (Å²) in [5.74, 6) is 0.787. The van der Waals surface area contributed by atoms with Gasteiger partial charge in [0.05, 0.1) is 12.3 Å². The number of hydrogen-bond donors (Lipinski definition) is 0. The van der Waals surface area contributed by atoms with E-state index in [0.717, 1.165) is 28.9 Å². The molecular formula is C22H23FN4O3S. The maximum absolute atomic E-state index is 14.0. The molecule has 0 amide bonds. The Labute approximate surface area is 181 Å². The van der Waals surface area contributed by atoms with E-state index in [1.807, 2.05) is 42.2 Å². The Morgan fingerprint density at radius 3 is 2.39 bits per heavy atom. The van der Waals surface area contributed by atoms with Crippen LogP contribution < -0.4 is 9.64 Å². The normalized spacial score (nSPS) is 15.1. The number of anilines is 1. The van der Waals surface area contributed by atoms with E-state index < -0.39 is 15.8 Å². The minimum atomic E-state index is -3.87. The number of benzene rings is 2. The Kier molecular flexibility index (Phi) is 6.15. The van der Waals surface area contributed by atoms with Crippen molar-refractivity contribution in [3.05, 3.63) is 66.7 Å². The zero-order valence-electron chi connectivity index (χ0n) is 17.1. The van der Waals surface area contributed by atoms with Gasteiger partial charge >= 0.3 is 0 Å². The van der Waals surface area contributed by atoms with Gasteiger partial charge in [0, 0.05) is 37.8 Å². The molecule has 0 N–H and O–H groups in total. The number of nitrogens with zero attached hydrogens (tertiary/aromatic N) is 4. The summed E-state index contributed by atoms with van der Waals surface area (Å²) in [5, 5.41) is 0. The molecule has 1 fully saturated rings. The maximum atomic E-state index is 14.0. The van der Waals surface area contributed by atoms with Gasteiger partial charge in [-0.15, -0.1) is 0 Å². The average molecular weight is 443 g/mol.